The Labute approximate surface area is 119 Å². The number of carboxylic acid groups (broad SMARTS) is 1. The van der Waals surface area contributed by atoms with E-state index in [1.807, 2.05) is 23.6 Å². The fourth-order valence-electron chi connectivity index (χ4n) is 2.30. The molecule has 6 heteroatoms. The molecule has 1 atom stereocenters. The number of carboxylic acids is 1. The number of thioether (sulfide) groups is 1. The maximum Gasteiger partial charge on any atom is 0.321 e. The molecule has 1 aliphatic heterocycles. The third kappa shape index (κ3) is 5.03. The van der Waals surface area contributed by atoms with Crippen molar-refractivity contribution in [1.82, 2.24) is 9.80 Å². The van der Waals surface area contributed by atoms with E-state index < -0.39 is 5.97 Å². The third-order valence-electron chi connectivity index (χ3n) is 3.48. The SMILES string of the molecule is CCN(CC)C(=O)CCCN1CCSCC1C(=O)O. The number of amides is 1. The van der Waals surface area contributed by atoms with E-state index in [0.717, 1.165) is 31.8 Å². The molecule has 5 nitrogen and oxygen atoms in total. The molecule has 1 amide bonds. The predicted octanol–water partition coefficient (Wildman–Crippen LogP) is 1.14. The Morgan fingerprint density at radius 2 is 2.05 bits per heavy atom. The first kappa shape index (κ1) is 16.3. The van der Waals surface area contributed by atoms with Gasteiger partial charge in [0.15, 0.2) is 0 Å². The number of nitrogens with zero attached hydrogens (tertiary/aromatic N) is 2. The first-order chi connectivity index (χ1) is 9.10. The highest BCUT2D eigenvalue weighted by atomic mass is 32.2. The van der Waals surface area contributed by atoms with Crippen LogP contribution in [0.4, 0.5) is 0 Å². The van der Waals surface area contributed by atoms with E-state index >= 15 is 0 Å². The molecule has 1 fully saturated rings. The molecule has 0 saturated carbocycles. The van der Waals surface area contributed by atoms with Gasteiger partial charge in [0.05, 0.1) is 0 Å². The molecule has 0 aromatic rings. The van der Waals surface area contributed by atoms with Gasteiger partial charge in [-0.25, -0.2) is 0 Å². The minimum Gasteiger partial charge on any atom is -0.480 e. The number of hydrogen-bond donors (Lipinski definition) is 1. The van der Waals surface area contributed by atoms with E-state index in [0.29, 0.717) is 18.7 Å². The Morgan fingerprint density at radius 1 is 1.37 bits per heavy atom. The first-order valence-corrected chi connectivity index (χ1v) is 8.08. The van der Waals surface area contributed by atoms with Crippen molar-refractivity contribution in [3.8, 4) is 0 Å². The lowest BCUT2D eigenvalue weighted by Gasteiger charge is -2.32. The normalized spacial score (nSPS) is 20.2. The number of hydrogen-bond acceptors (Lipinski definition) is 4. The van der Waals surface area contributed by atoms with Crippen molar-refractivity contribution in [2.24, 2.45) is 0 Å². The Hall–Kier alpha value is -0.750. The summed E-state index contributed by atoms with van der Waals surface area (Å²) in [5, 5.41) is 9.15. The zero-order valence-electron chi connectivity index (χ0n) is 11.8. The van der Waals surface area contributed by atoms with Crippen LogP contribution in [-0.2, 0) is 9.59 Å². The molecule has 1 heterocycles. The molecular formula is C13H24N2O3S. The lowest BCUT2D eigenvalue weighted by atomic mass is 10.2. The first-order valence-electron chi connectivity index (χ1n) is 6.92. The van der Waals surface area contributed by atoms with Gasteiger partial charge in [0, 0.05) is 37.6 Å². The van der Waals surface area contributed by atoms with Crippen molar-refractivity contribution >= 4 is 23.6 Å². The molecule has 0 aliphatic carbocycles. The molecule has 0 bridgehead atoms. The van der Waals surface area contributed by atoms with Crippen LogP contribution < -0.4 is 0 Å². The summed E-state index contributed by atoms with van der Waals surface area (Å²) in [6.07, 6.45) is 1.25. The molecule has 1 saturated heterocycles. The summed E-state index contributed by atoms with van der Waals surface area (Å²) in [6.45, 7) is 6.94. The van der Waals surface area contributed by atoms with Crippen molar-refractivity contribution in [2.75, 3.05) is 37.7 Å². The highest BCUT2D eigenvalue weighted by Gasteiger charge is 2.28. The summed E-state index contributed by atoms with van der Waals surface area (Å²) in [4.78, 5) is 26.8. The van der Waals surface area contributed by atoms with Crippen LogP contribution in [0.1, 0.15) is 26.7 Å². The highest BCUT2D eigenvalue weighted by Crippen LogP contribution is 2.17. The van der Waals surface area contributed by atoms with Crippen molar-refractivity contribution in [1.29, 1.82) is 0 Å². The van der Waals surface area contributed by atoms with Gasteiger partial charge < -0.3 is 10.0 Å². The summed E-state index contributed by atoms with van der Waals surface area (Å²) in [5.74, 6) is 1.05. The number of carbonyl (C=O) groups is 2. The van der Waals surface area contributed by atoms with Gasteiger partial charge >= 0.3 is 5.97 Å². The molecule has 1 unspecified atom stereocenters. The lowest BCUT2D eigenvalue weighted by Crippen LogP contribution is -2.47. The zero-order chi connectivity index (χ0) is 14.3. The van der Waals surface area contributed by atoms with Crippen LogP contribution in [0.3, 0.4) is 0 Å². The summed E-state index contributed by atoms with van der Waals surface area (Å²) in [7, 11) is 0. The molecule has 1 rings (SSSR count). The second-order valence-corrected chi connectivity index (χ2v) is 5.78. The van der Waals surface area contributed by atoms with Crippen LogP contribution >= 0.6 is 11.8 Å². The van der Waals surface area contributed by atoms with Gasteiger partial charge in [0.25, 0.3) is 0 Å². The van der Waals surface area contributed by atoms with E-state index in [4.69, 9.17) is 5.11 Å². The van der Waals surface area contributed by atoms with Gasteiger partial charge in [0.2, 0.25) is 5.91 Å². The Kier molecular flexibility index (Phi) is 7.23. The van der Waals surface area contributed by atoms with E-state index in [1.165, 1.54) is 0 Å². The maximum atomic E-state index is 11.8. The van der Waals surface area contributed by atoms with Gasteiger partial charge in [-0.05, 0) is 26.8 Å². The Bertz CT molecular complexity index is 308. The van der Waals surface area contributed by atoms with E-state index in [9.17, 15) is 9.59 Å². The standard InChI is InChI=1S/C13H24N2O3S/c1-3-14(4-2)12(16)6-5-7-15-8-9-19-10-11(15)13(17)18/h11H,3-10H2,1-2H3,(H,17,18). The lowest BCUT2D eigenvalue weighted by molar-refractivity contribution is -0.142. The predicted molar refractivity (Wildman–Crippen MR) is 77.5 cm³/mol. The molecule has 1 aliphatic rings. The van der Waals surface area contributed by atoms with Crippen molar-refractivity contribution < 1.29 is 14.7 Å². The average molecular weight is 288 g/mol. The fraction of sp³-hybridized carbons (Fsp3) is 0.846. The molecule has 0 radical (unpaired) electrons. The van der Waals surface area contributed by atoms with Crippen LogP contribution in [0.5, 0.6) is 0 Å². The summed E-state index contributed by atoms with van der Waals surface area (Å²) in [6, 6.07) is -0.387. The molecule has 19 heavy (non-hydrogen) atoms. The Balaban J connectivity index is 2.34. The highest BCUT2D eigenvalue weighted by molar-refractivity contribution is 7.99. The molecule has 0 aromatic heterocycles. The fourth-order valence-corrected chi connectivity index (χ4v) is 3.41. The summed E-state index contributed by atoms with van der Waals surface area (Å²) in [5.41, 5.74) is 0. The minimum absolute atomic E-state index is 0.170. The molecular weight excluding hydrogens is 264 g/mol. The van der Waals surface area contributed by atoms with Gasteiger partial charge in [-0.15, -0.1) is 0 Å². The quantitative estimate of drug-likeness (QED) is 0.761. The third-order valence-corrected chi connectivity index (χ3v) is 4.50. The number of carbonyl (C=O) groups excluding carboxylic acids is 1. The molecule has 1 N–H and O–H groups in total. The van der Waals surface area contributed by atoms with E-state index in [1.54, 1.807) is 11.8 Å². The van der Waals surface area contributed by atoms with Crippen LogP contribution in [0.2, 0.25) is 0 Å². The molecule has 110 valence electrons. The second-order valence-electron chi connectivity index (χ2n) is 4.63. The zero-order valence-corrected chi connectivity index (χ0v) is 12.6. The van der Waals surface area contributed by atoms with Gasteiger partial charge in [-0.2, -0.15) is 11.8 Å². The molecule has 0 spiro atoms. The summed E-state index contributed by atoms with van der Waals surface area (Å²) >= 11 is 1.69. The number of rotatable bonds is 7. The topological polar surface area (TPSA) is 60.9 Å². The largest absolute Gasteiger partial charge is 0.480 e. The van der Waals surface area contributed by atoms with Gasteiger partial charge in [-0.1, -0.05) is 0 Å². The molecule has 0 aromatic carbocycles. The van der Waals surface area contributed by atoms with Gasteiger partial charge in [-0.3, -0.25) is 14.5 Å². The maximum absolute atomic E-state index is 11.8. The van der Waals surface area contributed by atoms with E-state index in [2.05, 4.69) is 0 Å². The van der Waals surface area contributed by atoms with Crippen LogP contribution in [0.15, 0.2) is 0 Å². The van der Waals surface area contributed by atoms with Crippen LogP contribution in [0.25, 0.3) is 0 Å². The van der Waals surface area contributed by atoms with E-state index in [-0.39, 0.29) is 11.9 Å². The number of aliphatic carboxylic acids is 1. The van der Waals surface area contributed by atoms with Crippen molar-refractivity contribution in [3.05, 3.63) is 0 Å². The monoisotopic (exact) mass is 288 g/mol. The minimum atomic E-state index is -0.748. The smallest absolute Gasteiger partial charge is 0.321 e. The van der Waals surface area contributed by atoms with Gasteiger partial charge in [0.1, 0.15) is 6.04 Å². The Morgan fingerprint density at radius 3 is 2.63 bits per heavy atom. The summed E-state index contributed by atoms with van der Waals surface area (Å²) < 4.78 is 0. The van der Waals surface area contributed by atoms with Crippen LogP contribution in [-0.4, -0.2) is 70.5 Å². The van der Waals surface area contributed by atoms with Crippen LogP contribution in [0, 0.1) is 0 Å². The van der Waals surface area contributed by atoms with Crippen molar-refractivity contribution in [2.45, 2.75) is 32.7 Å². The van der Waals surface area contributed by atoms with Crippen molar-refractivity contribution in [3.63, 3.8) is 0 Å². The second kappa shape index (κ2) is 8.43. The average Bonchev–Trinajstić information content (AvgIpc) is 2.40.